The van der Waals surface area contributed by atoms with Crippen LogP contribution in [0.4, 0.5) is 0 Å². The van der Waals surface area contributed by atoms with E-state index in [9.17, 15) is 14.7 Å². The van der Waals surface area contributed by atoms with Crippen LogP contribution in [0.2, 0.25) is 0 Å². The van der Waals surface area contributed by atoms with Gasteiger partial charge in [-0.3, -0.25) is 9.59 Å². The zero-order valence-corrected chi connectivity index (χ0v) is 13.4. The van der Waals surface area contributed by atoms with E-state index in [1.54, 1.807) is 24.0 Å². The van der Waals surface area contributed by atoms with Gasteiger partial charge in [0, 0.05) is 18.5 Å². The summed E-state index contributed by atoms with van der Waals surface area (Å²) in [5, 5.41) is 9.43. The molecule has 1 aromatic rings. The summed E-state index contributed by atoms with van der Waals surface area (Å²) in [7, 11) is 0. The molecule has 1 aliphatic heterocycles. The van der Waals surface area contributed by atoms with Crippen molar-refractivity contribution in [3.8, 4) is 0 Å². The molecule has 0 saturated carbocycles. The van der Waals surface area contributed by atoms with Gasteiger partial charge in [0.15, 0.2) is 0 Å². The number of aliphatic hydroxyl groups is 1. The van der Waals surface area contributed by atoms with Crippen LogP contribution in [0.15, 0.2) is 24.3 Å². The van der Waals surface area contributed by atoms with Gasteiger partial charge in [-0.05, 0) is 25.0 Å². The predicted molar refractivity (Wildman–Crippen MR) is 84.1 cm³/mol. The Morgan fingerprint density at radius 1 is 1.39 bits per heavy atom. The minimum Gasteiger partial charge on any atom is -0.466 e. The molecular weight excluding hydrogens is 298 g/mol. The van der Waals surface area contributed by atoms with Crippen molar-refractivity contribution in [1.29, 1.82) is 0 Å². The lowest BCUT2D eigenvalue weighted by atomic mass is 10.0. The maximum absolute atomic E-state index is 12.8. The Balaban J connectivity index is 2.12. The van der Waals surface area contributed by atoms with Gasteiger partial charge < -0.3 is 19.5 Å². The molecule has 23 heavy (non-hydrogen) atoms. The van der Waals surface area contributed by atoms with Gasteiger partial charge in [-0.15, -0.1) is 0 Å². The summed E-state index contributed by atoms with van der Waals surface area (Å²) in [6.07, 6.45) is 0.694. The molecule has 2 rings (SSSR count). The third kappa shape index (κ3) is 4.53. The first-order valence-electron chi connectivity index (χ1n) is 7.90. The summed E-state index contributed by atoms with van der Waals surface area (Å²) >= 11 is 0. The lowest BCUT2D eigenvalue weighted by molar-refractivity contribution is -0.143. The van der Waals surface area contributed by atoms with Crippen LogP contribution in [0, 0.1) is 0 Å². The molecule has 0 unspecified atom stereocenters. The van der Waals surface area contributed by atoms with Crippen LogP contribution >= 0.6 is 0 Å². The molecular formula is C17H23NO5. The van der Waals surface area contributed by atoms with Gasteiger partial charge in [-0.25, -0.2) is 0 Å². The molecule has 1 fully saturated rings. The molecule has 0 spiro atoms. The van der Waals surface area contributed by atoms with Gasteiger partial charge >= 0.3 is 5.97 Å². The number of nitrogens with zero attached hydrogens (tertiary/aromatic N) is 1. The van der Waals surface area contributed by atoms with E-state index in [1.165, 1.54) is 0 Å². The van der Waals surface area contributed by atoms with Crippen LogP contribution in [-0.2, 0) is 20.7 Å². The molecule has 6 heteroatoms. The highest BCUT2D eigenvalue weighted by atomic mass is 16.5. The van der Waals surface area contributed by atoms with Crippen molar-refractivity contribution in [2.75, 3.05) is 33.0 Å². The lowest BCUT2D eigenvalue weighted by Crippen LogP contribution is -2.50. The van der Waals surface area contributed by atoms with E-state index in [4.69, 9.17) is 9.47 Å². The van der Waals surface area contributed by atoms with E-state index < -0.39 is 0 Å². The fourth-order valence-electron chi connectivity index (χ4n) is 2.64. The summed E-state index contributed by atoms with van der Waals surface area (Å²) in [6.45, 7) is 3.25. The van der Waals surface area contributed by atoms with E-state index in [0.717, 1.165) is 5.56 Å². The second kappa shape index (κ2) is 8.64. The van der Waals surface area contributed by atoms with E-state index in [2.05, 4.69) is 0 Å². The molecule has 1 saturated heterocycles. The summed E-state index contributed by atoms with van der Waals surface area (Å²) < 4.78 is 10.2. The average Bonchev–Trinajstić information content (AvgIpc) is 2.60. The molecule has 1 aromatic carbocycles. The maximum atomic E-state index is 12.8. The molecule has 6 nitrogen and oxygen atoms in total. The zero-order chi connectivity index (χ0) is 16.7. The quantitative estimate of drug-likeness (QED) is 0.792. The first kappa shape index (κ1) is 17.4. The maximum Gasteiger partial charge on any atom is 0.306 e. The van der Waals surface area contributed by atoms with Crippen molar-refractivity contribution < 1.29 is 24.2 Å². The van der Waals surface area contributed by atoms with E-state index in [0.29, 0.717) is 38.3 Å². The van der Waals surface area contributed by atoms with Crippen molar-refractivity contribution in [2.45, 2.75) is 25.8 Å². The first-order chi connectivity index (χ1) is 11.2. The van der Waals surface area contributed by atoms with Gasteiger partial charge in [-0.2, -0.15) is 0 Å². The summed E-state index contributed by atoms with van der Waals surface area (Å²) in [4.78, 5) is 26.0. The number of aliphatic hydroxyl groups excluding tert-OH is 1. The number of hydrogen-bond acceptors (Lipinski definition) is 5. The standard InChI is InChI=1S/C17H23NO5/c1-2-23-16(20)8-7-13-5-3-4-6-15(13)17(21)18-9-10-22-12-14(18)11-19/h3-6,14,19H,2,7-12H2,1H3/t14-/m1/s1. The Bertz CT molecular complexity index is 546. The highest BCUT2D eigenvalue weighted by Crippen LogP contribution is 2.17. The van der Waals surface area contributed by atoms with Gasteiger partial charge in [0.1, 0.15) is 0 Å². The normalized spacial score (nSPS) is 17.8. The Morgan fingerprint density at radius 3 is 2.91 bits per heavy atom. The smallest absolute Gasteiger partial charge is 0.306 e. The molecule has 1 N–H and O–H groups in total. The molecule has 0 radical (unpaired) electrons. The van der Waals surface area contributed by atoms with Crippen LogP contribution in [0.3, 0.4) is 0 Å². The largest absolute Gasteiger partial charge is 0.466 e. The van der Waals surface area contributed by atoms with Crippen molar-refractivity contribution in [3.63, 3.8) is 0 Å². The number of carbonyl (C=O) groups is 2. The third-order valence-corrected chi connectivity index (χ3v) is 3.85. The minimum atomic E-state index is -0.325. The molecule has 1 aliphatic rings. The summed E-state index contributed by atoms with van der Waals surface area (Å²) in [6, 6.07) is 6.93. The van der Waals surface area contributed by atoms with Gasteiger partial charge in [-0.1, -0.05) is 18.2 Å². The number of benzene rings is 1. The number of morpholine rings is 1. The Morgan fingerprint density at radius 2 is 2.17 bits per heavy atom. The van der Waals surface area contributed by atoms with Crippen molar-refractivity contribution >= 4 is 11.9 Å². The monoisotopic (exact) mass is 321 g/mol. The van der Waals surface area contributed by atoms with Gasteiger partial charge in [0.2, 0.25) is 0 Å². The first-order valence-corrected chi connectivity index (χ1v) is 7.90. The Hall–Kier alpha value is -1.92. The Labute approximate surface area is 136 Å². The fourth-order valence-corrected chi connectivity index (χ4v) is 2.64. The number of amides is 1. The van der Waals surface area contributed by atoms with E-state index >= 15 is 0 Å². The van der Waals surface area contributed by atoms with E-state index in [1.807, 2.05) is 12.1 Å². The van der Waals surface area contributed by atoms with Crippen molar-refractivity contribution in [1.82, 2.24) is 4.90 Å². The van der Waals surface area contributed by atoms with E-state index in [-0.39, 0.29) is 30.9 Å². The Kier molecular flexibility index (Phi) is 6.55. The fraction of sp³-hybridized carbons (Fsp3) is 0.529. The topological polar surface area (TPSA) is 76.1 Å². The van der Waals surface area contributed by atoms with Crippen LogP contribution in [0.25, 0.3) is 0 Å². The van der Waals surface area contributed by atoms with Crippen LogP contribution in [-0.4, -0.2) is 60.9 Å². The highest BCUT2D eigenvalue weighted by molar-refractivity contribution is 5.96. The molecule has 0 bridgehead atoms. The summed E-state index contributed by atoms with van der Waals surface area (Å²) in [5.74, 6) is -0.402. The average molecular weight is 321 g/mol. The van der Waals surface area contributed by atoms with Crippen LogP contribution in [0.5, 0.6) is 0 Å². The number of aryl methyl sites for hydroxylation is 1. The number of esters is 1. The third-order valence-electron chi connectivity index (χ3n) is 3.85. The molecule has 0 aliphatic carbocycles. The number of carbonyl (C=O) groups excluding carboxylic acids is 2. The SMILES string of the molecule is CCOC(=O)CCc1ccccc1C(=O)N1CCOC[C@H]1CO. The predicted octanol–water partition coefficient (Wildman–Crippen LogP) is 1.02. The number of ether oxygens (including phenoxy) is 2. The second-order valence-corrected chi connectivity index (χ2v) is 5.37. The highest BCUT2D eigenvalue weighted by Gasteiger charge is 2.28. The zero-order valence-electron chi connectivity index (χ0n) is 13.4. The van der Waals surface area contributed by atoms with Crippen LogP contribution < -0.4 is 0 Å². The van der Waals surface area contributed by atoms with Crippen LogP contribution in [0.1, 0.15) is 29.3 Å². The van der Waals surface area contributed by atoms with Gasteiger partial charge in [0.05, 0.1) is 32.5 Å². The molecule has 1 heterocycles. The minimum absolute atomic E-state index is 0.128. The number of hydrogen-bond donors (Lipinski definition) is 1. The lowest BCUT2D eigenvalue weighted by Gasteiger charge is -2.35. The van der Waals surface area contributed by atoms with Crippen molar-refractivity contribution in [2.24, 2.45) is 0 Å². The molecule has 0 aromatic heterocycles. The molecule has 126 valence electrons. The second-order valence-electron chi connectivity index (χ2n) is 5.37. The van der Waals surface area contributed by atoms with Crippen molar-refractivity contribution in [3.05, 3.63) is 35.4 Å². The molecule has 1 atom stereocenters. The molecule has 1 amide bonds. The number of rotatable bonds is 6. The summed E-state index contributed by atoms with van der Waals surface area (Å²) in [5.41, 5.74) is 1.38. The van der Waals surface area contributed by atoms with Gasteiger partial charge in [0.25, 0.3) is 5.91 Å².